The van der Waals surface area contributed by atoms with Gasteiger partial charge in [0.1, 0.15) is 12.1 Å². The van der Waals surface area contributed by atoms with Crippen molar-refractivity contribution in [3.63, 3.8) is 0 Å². The van der Waals surface area contributed by atoms with Gasteiger partial charge in [-0.2, -0.15) is 8.78 Å². The summed E-state index contributed by atoms with van der Waals surface area (Å²) in [4.78, 5) is 23.5. The molecule has 1 aliphatic heterocycles. The first-order valence-corrected chi connectivity index (χ1v) is 10.1. The van der Waals surface area contributed by atoms with E-state index >= 15 is 0 Å². The molecule has 5 rings (SSSR count). The molecule has 3 aromatic heterocycles. The summed E-state index contributed by atoms with van der Waals surface area (Å²) in [6.45, 7) is 0.228. The summed E-state index contributed by atoms with van der Waals surface area (Å²) in [5, 5.41) is 18.2. The normalized spacial score (nSPS) is 15.0. The van der Waals surface area contributed by atoms with Gasteiger partial charge >= 0.3 is 6.43 Å². The Morgan fingerprint density at radius 2 is 1.70 bits per heavy atom. The van der Waals surface area contributed by atoms with E-state index in [2.05, 4.69) is 20.2 Å². The van der Waals surface area contributed by atoms with Crippen LogP contribution in [0.4, 0.5) is 8.78 Å². The Hall–Kier alpha value is -4.05. The highest BCUT2D eigenvalue weighted by Gasteiger charge is 2.39. The number of aromatic nitrogens is 4. The van der Waals surface area contributed by atoms with Crippen LogP contribution in [0.15, 0.2) is 71.4 Å². The van der Waals surface area contributed by atoms with E-state index in [9.17, 15) is 18.7 Å². The number of halogens is 2. The first-order chi connectivity index (χ1) is 16.0. The predicted molar refractivity (Wildman–Crippen MR) is 111 cm³/mol. The summed E-state index contributed by atoms with van der Waals surface area (Å²) < 4.78 is 30.6. The molecule has 0 radical (unpaired) electrons. The maximum Gasteiger partial charge on any atom is 0.314 e. The molecule has 8 nitrogen and oxygen atoms in total. The highest BCUT2D eigenvalue weighted by atomic mass is 19.3. The Morgan fingerprint density at radius 3 is 2.33 bits per heavy atom. The molecule has 33 heavy (non-hydrogen) atoms. The zero-order valence-electron chi connectivity index (χ0n) is 17.0. The lowest BCUT2D eigenvalue weighted by Crippen LogP contribution is -2.34. The molecule has 0 saturated carbocycles. The number of aliphatic hydroxyl groups is 1. The van der Waals surface area contributed by atoms with Crippen molar-refractivity contribution in [3.8, 4) is 11.5 Å². The topological polar surface area (TPSA) is 105 Å². The Kier molecular flexibility index (Phi) is 5.35. The van der Waals surface area contributed by atoms with Crippen LogP contribution in [0.2, 0.25) is 0 Å². The number of fused-ring (bicyclic) bond motifs is 1. The summed E-state index contributed by atoms with van der Waals surface area (Å²) in [6, 6.07) is 14.5. The number of hydrogen-bond acceptors (Lipinski definition) is 7. The fraction of sp³-hybridized carbons (Fsp3) is 0.174. The van der Waals surface area contributed by atoms with Gasteiger partial charge in [-0.1, -0.05) is 18.2 Å². The average Bonchev–Trinajstić information content (AvgIpc) is 3.46. The fourth-order valence-electron chi connectivity index (χ4n) is 3.88. The number of carbonyl (C=O) groups excluding carboxylic acids is 1. The Labute approximate surface area is 186 Å². The minimum atomic E-state index is -2.88. The second-order valence-electron chi connectivity index (χ2n) is 7.45. The molecule has 0 saturated heterocycles. The first kappa shape index (κ1) is 20.8. The molecular formula is C23H17F2N5O3. The van der Waals surface area contributed by atoms with Crippen LogP contribution in [0.1, 0.15) is 51.8 Å². The third-order valence-corrected chi connectivity index (χ3v) is 5.43. The number of aliphatic hydroxyl groups excluding tert-OH is 1. The van der Waals surface area contributed by atoms with Crippen LogP contribution in [-0.4, -0.2) is 36.1 Å². The van der Waals surface area contributed by atoms with Gasteiger partial charge in [0.15, 0.2) is 0 Å². The van der Waals surface area contributed by atoms with Crippen LogP contribution in [0, 0.1) is 0 Å². The lowest BCUT2D eigenvalue weighted by atomic mass is 10.0. The highest BCUT2D eigenvalue weighted by Crippen LogP contribution is 2.39. The van der Waals surface area contributed by atoms with E-state index in [1.54, 1.807) is 60.9 Å². The molecule has 1 amide bonds. The van der Waals surface area contributed by atoms with Gasteiger partial charge in [0.05, 0.1) is 11.4 Å². The molecule has 0 aliphatic carbocycles. The van der Waals surface area contributed by atoms with Crippen molar-refractivity contribution in [1.29, 1.82) is 0 Å². The Balaban J connectivity index is 1.50. The maximum absolute atomic E-state index is 13.4. The minimum absolute atomic E-state index is 0.103. The molecule has 0 fully saturated rings. The van der Waals surface area contributed by atoms with E-state index in [1.165, 1.54) is 11.0 Å². The van der Waals surface area contributed by atoms with E-state index in [1.807, 2.05) is 0 Å². The summed E-state index contributed by atoms with van der Waals surface area (Å²) >= 11 is 0. The fourth-order valence-corrected chi connectivity index (χ4v) is 3.88. The first-order valence-electron chi connectivity index (χ1n) is 10.1. The van der Waals surface area contributed by atoms with E-state index < -0.39 is 24.5 Å². The van der Waals surface area contributed by atoms with Crippen LogP contribution in [-0.2, 0) is 6.54 Å². The van der Waals surface area contributed by atoms with Crippen molar-refractivity contribution >= 4 is 5.91 Å². The number of rotatable bonds is 6. The minimum Gasteiger partial charge on any atom is -0.415 e. The number of carbonyl (C=O) groups is 1. The van der Waals surface area contributed by atoms with E-state index in [0.717, 1.165) is 0 Å². The van der Waals surface area contributed by atoms with E-state index in [-0.39, 0.29) is 18.3 Å². The number of amides is 1. The number of benzene rings is 1. The van der Waals surface area contributed by atoms with Crippen molar-refractivity contribution < 1.29 is 23.1 Å². The molecule has 2 atom stereocenters. The molecule has 4 heterocycles. The van der Waals surface area contributed by atoms with Gasteiger partial charge in [-0.3, -0.25) is 14.8 Å². The maximum atomic E-state index is 13.4. The third-order valence-electron chi connectivity index (χ3n) is 5.43. The second kappa shape index (κ2) is 8.47. The zero-order valence-corrected chi connectivity index (χ0v) is 17.0. The Morgan fingerprint density at radius 1 is 0.970 bits per heavy atom. The third kappa shape index (κ3) is 3.85. The van der Waals surface area contributed by atoms with Crippen molar-refractivity contribution in [2.75, 3.05) is 0 Å². The lowest BCUT2D eigenvalue weighted by Gasteiger charge is -2.31. The van der Waals surface area contributed by atoms with Crippen LogP contribution in [0.5, 0.6) is 0 Å². The quantitative estimate of drug-likeness (QED) is 0.476. The van der Waals surface area contributed by atoms with Crippen molar-refractivity contribution in [2.45, 2.75) is 25.1 Å². The molecule has 0 bridgehead atoms. The molecule has 4 aromatic rings. The van der Waals surface area contributed by atoms with Crippen LogP contribution >= 0.6 is 0 Å². The summed E-state index contributed by atoms with van der Waals surface area (Å²) in [5.74, 6) is -1.23. The summed E-state index contributed by atoms with van der Waals surface area (Å²) in [7, 11) is 0. The smallest absolute Gasteiger partial charge is 0.314 e. The lowest BCUT2D eigenvalue weighted by molar-refractivity contribution is 0.0332. The second-order valence-corrected chi connectivity index (χ2v) is 7.45. The van der Waals surface area contributed by atoms with Gasteiger partial charge < -0.3 is 14.4 Å². The van der Waals surface area contributed by atoms with Gasteiger partial charge in [-0.25, -0.2) is 0 Å². The molecule has 0 spiro atoms. The van der Waals surface area contributed by atoms with E-state index in [4.69, 9.17) is 4.42 Å². The number of pyridine rings is 2. The van der Waals surface area contributed by atoms with E-state index in [0.29, 0.717) is 28.1 Å². The molecule has 0 unspecified atom stereocenters. The van der Waals surface area contributed by atoms with Crippen LogP contribution in [0.25, 0.3) is 11.5 Å². The zero-order chi connectivity index (χ0) is 22.9. The number of alkyl halides is 2. The summed E-state index contributed by atoms with van der Waals surface area (Å²) in [5.41, 5.74) is 2.34. The van der Waals surface area contributed by atoms with Gasteiger partial charge in [-0.15, -0.1) is 10.2 Å². The van der Waals surface area contributed by atoms with Crippen LogP contribution in [0.3, 0.4) is 0 Å². The Bertz CT molecular complexity index is 1280. The predicted octanol–water partition coefficient (Wildman–Crippen LogP) is 3.89. The molecule has 10 heteroatoms. The standard InChI is InChI=1S/C23H17F2N5O3/c24-20(25)22-29-28-21(33-22)13-7-8-14-12-30(23(32)15(14)11-13)18(16-5-1-3-9-26-16)19(31)17-6-2-4-10-27-17/h1-11,18-20,31H,12H2/t18-,19+/m0/s1. The van der Waals surface area contributed by atoms with Gasteiger partial charge in [0, 0.05) is 30.1 Å². The van der Waals surface area contributed by atoms with Gasteiger partial charge in [-0.05, 0) is 42.0 Å². The van der Waals surface area contributed by atoms with Crippen molar-refractivity contribution in [3.05, 3.63) is 95.4 Å². The number of nitrogens with zero attached hydrogens (tertiary/aromatic N) is 5. The SMILES string of the molecule is O=C1c2cc(-c3nnc(C(F)F)o3)ccc2CN1[C@@H](c1ccccn1)[C@H](O)c1ccccn1. The molecule has 166 valence electrons. The van der Waals surface area contributed by atoms with Gasteiger partial charge in [0.25, 0.3) is 11.8 Å². The highest BCUT2D eigenvalue weighted by molar-refractivity contribution is 5.99. The summed E-state index contributed by atoms with van der Waals surface area (Å²) in [6.07, 6.45) is -0.845. The molecule has 1 N–H and O–H groups in total. The van der Waals surface area contributed by atoms with Crippen molar-refractivity contribution in [2.24, 2.45) is 0 Å². The number of hydrogen-bond donors (Lipinski definition) is 1. The van der Waals surface area contributed by atoms with Crippen LogP contribution < -0.4 is 0 Å². The molecular weight excluding hydrogens is 432 g/mol. The monoisotopic (exact) mass is 449 g/mol. The van der Waals surface area contributed by atoms with Gasteiger partial charge in [0.2, 0.25) is 5.89 Å². The average molecular weight is 449 g/mol. The molecule has 1 aromatic carbocycles. The largest absolute Gasteiger partial charge is 0.415 e. The van der Waals surface area contributed by atoms with Crippen molar-refractivity contribution in [1.82, 2.24) is 25.1 Å². The molecule has 1 aliphatic rings.